The fourth-order valence-corrected chi connectivity index (χ4v) is 6.48. The summed E-state index contributed by atoms with van der Waals surface area (Å²) in [7, 11) is -7.45. The summed E-state index contributed by atoms with van der Waals surface area (Å²) in [6.07, 6.45) is 9.19. The highest BCUT2D eigenvalue weighted by Crippen LogP contribution is 2.29. The number of hydrogen-bond donors (Lipinski definition) is 0. The molecule has 11 heteroatoms. The summed E-state index contributed by atoms with van der Waals surface area (Å²) >= 11 is 0. The Morgan fingerprint density at radius 2 is 1.03 bits per heavy atom. The van der Waals surface area contributed by atoms with Gasteiger partial charge in [0.2, 0.25) is 20.0 Å². The number of nitrogens with zero attached hydrogens (tertiary/aromatic N) is 5. The Bertz CT molecular complexity index is 1400. The summed E-state index contributed by atoms with van der Waals surface area (Å²) in [5.41, 5.74) is 2.61. The fourth-order valence-electron chi connectivity index (χ4n) is 4.40. The first-order valence-corrected chi connectivity index (χ1v) is 15.0. The molecule has 0 aromatic carbocycles. The van der Waals surface area contributed by atoms with Crippen molar-refractivity contribution in [3.63, 3.8) is 0 Å². The SMILES string of the molecule is C=CCN(CC=C)Cc1cc2nc3cc(CN(CC=C)CC=C)n(S(C)(=O)=O)c3cc2n1S(C)(=O)=O. The van der Waals surface area contributed by atoms with Gasteiger partial charge in [0.15, 0.2) is 0 Å². The maximum Gasteiger partial charge on any atom is 0.236 e. The first-order chi connectivity index (χ1) is 16.9. The maximum absolute atomic E-state index is 12.9. The minimum atomic E-state index is -3.73. The predicted molar refractivity (Wildman–Crippen MR) is 147 cm³/mol. The van der Waals surface area contributed by atoms with Crippen molar-refractivity contribution in [3.8, 4) is 0 Å². The Morgan fingerprint density at radius 3 is 1.31 bits per heavy atom. The van der Waals surface area contributed by atoms with Crippen molar-refractivity contribution in [1.29, 1.82) is 0 Å². The third-order valence-electron chi connectivity index (χ3n) is 5.59. The molecule has 0 atom stereocenters. The van der Waals surface area contributed by atoms with Crippen LogP contribution in [0.2, 0.25) is 0 Å². The summed E-state index contributed by atoms with van der Waals surface area (Å²) in [6, 6.07) is 5.05. The summed E-state index contributed by atoms with van der Waals surface area (Å²) in [6.45, 7) is 17.9. The average molecular weight is 532 g/mol. The molecule has 0 spiro atoms. The number of fused-ring (bicyclic) bond motifs is 2. The lowest BCUT2D eigenvalue weighted by Crippen LogP contribution is -2.26. The van der Waals surface area contributed by atoms with Gasteiger partial charge >= 0.3 is 0 Å². The van der Waals surface area contributed by atoms with Crippen LogP contribution in [0.3, 0.4) is 0 Å². The predicted octanol–water partition coefficient (Wildman–Crippen LogP) is 2.95. The van der Waals surface area contributed by atoms with Gasteiger partial charge in [0.25, 0.3) is 0 Å². The quantitative estimate of drug-likeness (QED) is 0.295. The van der Waals surface area contributed by atoms with E-state index in [1.807, 2.05) is 9.80 Å². The zero-order valence-electron chi connectivity index (χ0n) is 20.8. The van der Waals surface area contributed by atoms with Crippen LogP contribution in [0.1, 0.15) is 11.4 Å². The van der Waals surface area contributed by atoms with Crippen LogP contribution in [0.15, 0.2) is 68.8 Å². The van der Waals surface area contributed by atoms with Gasteiger partial charge in [0.05, 0.1) is 46.0 Å². The van der Waals surface area contributed by atoms with Crippen molar-refractivity contribution in [2.45, 2.75) is 13.1 Å². The van der Waals surface area contributed by atoms with E-state index in [-0.39, 0.29) is 0 Å². The second kappa shape index (κ2) is 11.0. The van der Waals surface area contributed by atoms with Gasteiger partial charge in [-0.1, -0.05) is 24.3 Å². The van der Waals surface area contributed by atoms with Crippen molar-refractivity contribution < 1.29 is 16.8 Å². The maximum atomic E-state index is 12.9. The molecule has 0 saturated heterocycles. The summed E-state index contributed by atoms with van der Waals surface area (Å²) in [4.78, 5) is 8.65. The number of rotatable bonds is 14. The number of pyridine rings is 1. The van der Waals surface area contributed by atoms with Gasteiger partial charge in [0, 0.05) is 39.3 Å². The van der Waals surface area contributed by atoms with Crippen LogP contribution < -0.4 is 0 Å². The Balaban J connectivity index is 2.27. The van der Waals surface area contributed by atoms with Crippen LogP contribution in [0.4, 0.5) is 0 Å². The molecule has 3 heterocycles. The van der Waals surface area contributed by atoms with Gasteiger partial charge in [0.1, 0.15) is 0 Å². The molecule has 0 bridgehead atoms. The van der Waals surface area contributed by atoms with Gasteiger partial charge in [-0.15, -0.1) is 26.3 Å². The molecule has 0 N–H and O–H groups in total. The molecular formula is C25H33N5O4S2. The van der Waals surface area contributed by atoms with E-state index < -0.39 is 20.0 Å². The van der Waals surface area contributed by atoms with Crippen LogP contribution in [-0.2, 0) is 33.1 Å². The van der Waals surface area contributed by atoms with Crippen LogP contribution in [0.5, 0.6) is 0 Å². The first-order valence-electron chi connectivity index (χ1n) is 11.3. The molecule has 0 aliphatic carbocycles. The van der Waals surface area contributed by atoms with E-state index in [9.17, 15) is 16.8 Å². The number of hydrogen-bond acceptors (Lipinski definition) is 7. The average Bonchev–Trinajstić information content (AvgIpc) is 3.28. The molecular weight excluding hydrogens is 498 g/mol. The molecule has 0 aliphatic rings. The zero-order valence-corrected chi connectivity index (χ0v) is 22.4. The van der Waals surface area contributed by atoms with Crippen LogP contribution in [-0.4, -0.2) is 78.3 Å². The van der Waals surface area contributed by atoms with Crippen LogP contribution in [0, 0.1) is 0 Å². The Hall–Kier alpha value is -2.99. The molecule has 3 rings (SSSR count). The molecule has 0 fully saturated rings. The molecule has 0 saturated carbocycles. The van der Waals surface area contributed by atoms with E-state index in [0.717, 1.165) is 12.5 Å². The highest BCUT2D eigenvalue weighted by molar-refractivity contribution is 7.89. The molecule has 0 amide bonds. The smallest absolute Gasteiger partial charge is 0.236 e. The van der Waals surface area contributed by atoms with Crippen LogP contribution in [0.25, 0.3) is 22.1 Å². The van der Waals surface area contributed by atoms with Crippen molar-refractivity contribution in [1.82, 2.24) is 22.7 Å². The van der Waals surface area contributed by atoms with Crippen molar-refractivity contribution in [3.05, 3.63) is 80.2 Å². The standard InChI is InChI=1S/C25H33N5O4S2/c1-7-11-27(12-8-2)18-20-15-22-24(29(20)35(5,31)32)17-25-23(26-22)16-21(30(25)36(6,33)34)19-28(13-9-3)14-10-4/h7-10,15-17H,1-4,11-14,18-19H2,5-6H3. The molecule has 0 radical (unpaired) electrons. The van der Waals surface area contributed by atoms with Gasteiger partial charge in [-0.05, 0) is 18.2 Å². The lowest BCUT2D eigenvalue weighted by Gasteiger charge is -2.20. The Kier molecular flexibility index (Phi) is 8.40. The summed E-state index contributed by atoms with van der Waals surface area (Å²) in [5.74, 6) is 0. The monoisotopic (exact) mass is 531 g/mol. The Morgan fingerprint density at radius 1 is 0.694 bits per heavy atom. The van der Waals surface area contributed by atoms with Gasteiger partial charge < -0.3 is 0 Å². The molecule has 3 aromatic rings. The minimum absolute atomic E-state index is 0.320. The highest BCUT2D eigenvalue weighted by Gasteiger charge is 2.24. The van der Waals surface area contributed by atoms with Crippen molar-refractivity contribution >= 4 is 42.1 Å². The van der Waals surface area contributed by atoms with Crippen molar-refractivity contribution in [2.24, 2.45) is 0 Å². The third kappa shape index (κ3) is 5.86. The van der Waals surface area contributed by atoms with Crippen molar-refractivity contribution in [2.75, 3.05) is 38.7 Å². The molecule has 194 valence electrons. The molecule has 9 nitrogen and oxygen atoms in total. The van der Waals surface area contributed by atoms with Gasteiger partial charge in [-0.3, -0.25) is 9.80 Å². The third-order valence-corrected chi connectivity index (χ3v) is 7.78. The van der Waals surface area contributed by atoms with E-state index in [1.54, 1.807) is 42.5 Å². The minimum Gasteiger partial charge on any atom is -0.290 e. The molecule has 0 aliphatic heterocycles. The molecule has 0 unspecified atom stereocenters. The van der Waals surface area contributed by atoms with E-state index >= 15 is 0 Å². The Labute approximate surface area is 213 Å². The normalized spacial score (nSPS) is 12.6. The first kappa shape index (κ1) is 27.6. The lowest BCUT2D eigenvalue weighted by molar-refractivity contribution is 0.323. The van der Waals surface area contributed by atoms with Gasteiger partial charge in [-0.25, -0.2) is 29.8 Å². The number of aromatic nitrogens is 3. The fraction of sp³-hybridized carbons (Fsp3) is 0.320. The van der Waals surface area contributed by atoms with Crippen LogP contribution >= 0.6 is 0 Å². The lowest BCUT2D eigenvalue weighted by atomic mass is 10.3. The zero-order chi connectivity index (χ0) is 26.7. The van der Waals surface area contributed by atoms with E-state index in [1.165, 1.54) is 7.94 Å². The topological polar surface area (TPSA) is 97.5 Å². The second-order valence-electron chi connectivity index (χ2n) is 8.67. The summed E-state index contributed by atoms with van der Waals surface area (Å²) in [5, 5.41) is 0. The van der Waals surface area contributed by atoms with Gasteiger partial charge in [-0.2, -0.15) is 0 Å². The summed E-state index contributed by atoms with van der Waals surface area (Å²) < 4.78 is 53.9. The second-order valence-corrected chi connectivity index (χ2v) is 12.3. The van der Waals surface area contributed by atoms with E-state index in [2.05, 4.69) is 31.3 Å². The molecule has 3 aromatic heterocycles. The van der Waals surface area contributed by atoms with E-state index in [4.69, 9.17) is 0 Å². The van der Waals surface area contributed by atoms with E-state index in [0.29, 0.717) is 72.7 Å². The highest BCUT2D eigenvalue weighted by atomic mass is 32.2. The molecule has 36 heavy (non-hydrogen) atoms. The largest absolute Gasteiger partial charge is 0.290 e.